The van der Waals surface area contributed by atoms with E-state index in [0.717, 1.165) is 4.90 Å². The average Bonchev–Trinajstić information content (AvgIpc) is 2.38. The van der Waals surface area contributed by atoms with Crippen molar-refractivity contribution in [1.29, 1.82) is 0 Å². The molecule has 1 amide bonds. The minimum Gasteiger partial charge on any atom is -0.493 e. The largest absolute Gasteiger partial charge is 0.493 e. The molecule has 4 nitrogen and oxygen atoms in total. The zero-order valence-corrected chi connectivity index (χ0v) is 12.0. The monoisotopic (exact) mass is 269 g/mol. The molecule has 0 heterocycles. The highest BCUT2D eigenvalue weighted by atomic mass is 32.2. The highest BCUT2D eigenvalue weighted by Crippen LogP contribution is 2.33. The highest BCUT2D eigenvalue weighted by molar-refractivity contribution is 8.00. The van der Waals surface area contributed by atoms with Gasteiger partial charge in [-0.1, -0.05) is 0 Å². The first-order chi connectivity index (χ1) is 8.62. The molecule has 5 heteroatoms. The molecule has 1 rings (SSSR count). The second-order valence-electron chi connectivity index (χ2n) is 3.67. The molecule has 0 aliphatic heterocycles. The number of rotatable bonds is 6. The molecule has 0 spiro atoms. The van der Waals surface area contributed by atoms with Crippen molar-refractivity contribution >= 4 is 17.7 Å². The van der Waals surface area contributed by atoms with Gasteiger partial charge in [-0.3, -0.25) is 4.79 Å². The van der Waals surface area contributed by atoms with Crippen LogP contribution in [0, 0.1) is 0 Å². The first kappa shape index (κ1) is 14.7. The van der Waals surface area contributed by atoms with Gasteiger partial charge >= 0.3 is 0 Å². The molecule has 0 unspecified atom stereocenters. The van der Waals surface area contributed by atoms with Gasteiger partial charge in [0.2, 0.25) is 5.91 Å². The zero-order valence-electron chi connectivity index (χ0n) is 11.1. The maximum atomic E-state index is 11.6. The summed E-state index contributed by atoms with van der Waals surface area (Å²) in [6.07, 6.45) is 0. The van der Waals surface area contributed by atoms with Crippen molar-refractivity contribution in [2.24, 2.45) is 0 Å². The quantitative estimate of drug-likeness (QED) is 0.805. The molecule has 100 valence electrons. The molecule has 0 bridgehead atoms. The number of nitrogens with one attached hydrogen (secondary N) is 1. The fraction of sp³-hybridized carbons (Fsp3) is 0.462. The zero-order chi connectivity index (χ0) is 13.5. The summed E-state index contributed by atoms with van der Waals surface area (Å²) in [6.45, 7) is 4.44. The number of carbonyl (C=O) groups is 1. The summed E-state index contributed by atoms with van der Waals surface area (Å²) in [6, 6.07) is 5.63. The smallest absolute Gasteiger partial charge is 0.233 e. The molecule has 0 saturated heterocycles. The molecule has 18 heavy (non-hydrogen) atoms. The Labute approximate surface area is 112 Å². The van der Waals surface area contributed by atoms with E-state index in [1.165, 1.54) is 11.8 Å². The van der Waals surface area contributed by atoms with Crippen LogP contribution in [0.2, 0.25) is 0 Å². The van der Waals surface area contributed by atoms with E-state index in [0.29, 0.717) is 18.0 Å². The molecule has 1 atom stereocenters. The summed E-state index contributed by atoms with van der Waals surface area (Å²) >= 11 is 1.49. The minimum atomic E-state index is -0.136. The molecule has 0 radical (unpaired) electrons. The van der Waals surface area contributed by atoms with Crippen molar-refractivity contribution in [3.8, 4) is 11.5 Å². The van der Waals surface area contributed by atoms with Crippen LogP contribution in [0.4, 0.5) is 0 Å². The molecule has 1 N–H and O–H groups in total. The lowest BCUT2D eigenvalue weighted by Gasteiger charge is -2.13. The Morgan fingerprint density at radius 1 is 1.33 bits per heavy atom. The van der Waals surface area contributed by atoms with Crippen molar-refractivity contribution in [3.63, 3.8) is 0 Å². The standard InChI is InChI=1S/C13H19NO3S/c1-5-14-13(15)9(2)18-10-6-7-11(16-3)12(8-10)17-4/h6-9H,5H2,1-4H3,(H,14,15)/t9-/m1/s1. The lowest BCUT2D eigenvalue weighted by molar-refractivity contribution is -0.120. The molecular weight excluding hydrogens is 250 g/mol. The van der Waals surface area contributed by atoms with Crippen molar-refractivity contribution in [2.75, 3.05) is 20.8 Å². The van der Waals surface area contributed by atoms with E-state index in [2.05, 4.69) is 5.32 Å². The Morgan fingerprint density at radius 2 is 2.00 bits per heavy atom. The van der Waals surface area contributed by atoms with Crippen molar-refractivity contribution in [1.82, 2.24) is 5.32 Å². The number of benzene rings is 1. The van der Waals surface area contributed by atoms with E-state index in [9.17, 15) is 4.79 Å². The maximum Gasteiger partial charge on any atom is 0.233 e. The van der Waals surface area contributed by atoms with Gasteiger partial charge in [-0.2, -0.15) is 0 Å². The van der Waals surface area contributed by atoms with Crippen molar-refractivity contribution in [3.05, 3.63) is 18.2 Å². The summed E-state index contributed by atoms with van der Waals surface area (Å²) in [4.78, 5) is 12.6. The molecule has 1 aromatic carbocycles. The summed E-state index contributed by atoms with van der Waals surface area (Å²) < 4.78 is 10.4. The predicted octanol–water partition coefficient (Wildman–Crippen LogP) is 2.32. The number of ether oxygens (including phenoxy) is 2. The normalized spacial score (nSPS) is 11.8. The molecule has 0 aliphatic rings. The Hall–Kier alpha value is -1.36. The van der Waals surface area contributed by atoms with Gasteiger partial charge in [-0.25, -0.2) is 0 Å². The Bertz CT molecular complexity index is 409. The lowest BCUT2D eigenvalue weighted by Crippen LogP contribution is -2.30. The van der Waals surface area contributed by atoms with Crippen molar-refractivity contribution < 1.29 is 14.3 Å². The van der Waals surface area contributed by atoms with Gasteiger partial charge in [0, 0.05) is 11.4 Å². The van der Waals surface area contributed by atoms with Gasteiger partial charge in [-0.15, -0.1) is 11.8 Å². The molecule has 0 aliphatic carbocycles. The van der Waals surface area contributed by atoms with E-state index in [4.69, 9.17) is 9.47 Å². The minimum absolute atomic E-state index is 0.0392. The Morgan fingerprint density at radius 3 is 2.56 bits per heavy atom. The molecular formula is C13H19NO3S. The van der Waals surface area contributed by atoms with Gasteiger partial charge in [0.15, 0.2) is 11.5 Å². The van der Waals surface area contributed by atoms with Crippen molar-refractivity contribution in [2.45, 2.75) is 24.0 Å². The van der Waals surface area contributed by atoms with Crippen LogP contribution < -0.4 is 14.8 Å². The van der Waals surface area contributed by atoms with Gasteiger partial charge in [0.25, 0.3) is 0 Å². The summed E-state index contributed by atoms with van der Waals surface area (Å²) in [5.74, 6) is 1.40. The third-order valence-electron chi connectivity index (χ3n) is 2.39. The third-order valence-corrected chi connectivity index (χ3v) is 3.48. The van der Waals surface area contributed by atoms with Crippen LogP contribution in [0.5, 0.6) is 11.5 Å². The van der Waals surface area contributed by atoms with Crippen LogP contribution >= 0.6 is 11.8 Å². The van der Waals surface area contributed by atoms with Gasteiger partial charge in [-0.05, 0) is 32.0 Å². The second kappa shape index (κ2) is 7.16. The van der Waals surface area contributed by atoms with Crippen LogP contribution in [0.25, 0.3) is 0 Å². The first-order valence-electron chi connectivity index (χ1n) is 5.78. The van der Waals surface area contributed by atoms with Crippen LogP contribution in [0.15, 0.2) is 23.1 Å². The van der Waals surface area contributed by atoms with E-state index in [1.807, 2.05) is 32.0 Å². The number of hydrogen-bond donors (Lipinski definition) is 1. The van der Waals surface area contributed by atoms with Crippen LogP contribution in [0.1, 0.15) is 13.8 Å². The second-order valence-corrected chi connectivity index (χ2v) is 5.09. The molecule has 0 saturated carbocycles. The topological polar surface area (TPSA) is 47.6 Å². The van der Waals surface area contributed by atoms with Gasteiger partial charge in [0.05, 0.1) is 19.5 Å². The molecule has 0 fully saturated rings. The Kier molecular flexibility index (Phi) is 5.85. The number of carbonyl (C=O) groups excluding carboxylic acids is 1. The number of amides is 1. The van der Waals surface area contributed by atoms with Crippen LogP contribution in [-0.4, -0.2) is 31.9 Å². The van der Waals surface area contributed by atoms with E-state index in [1.54, 1.807) is 14.2 Å². The maximum absolute atomic E-state index is 11.6. The first-order valence-corrected chi connectivity index (χ1v) is 6.66. The van der Waals surface area contributed by atoms with E-state index >= 15 is 0 Å². The van der Waals surface area contributed by atoms with Crippen LogP contribution in [-0.2, 0) is 4.79 Å². The van der Waals surface area contributed by atoms with Crippen LogP contribution in [0.3, 0.4) is 0 Å². The number of hydrogen-bond acceptors (Lipinski definition) is 4. The van der Waals surface area contributed by atoms with E-state index in [-0.39, 0.29) is 11.2 Å². The fourth-order valence-corrected chi connectivity index (χ4v) is 2.39. The van der Waals surface area contributed by atoms with E-state index < -0.39 is 0 Å². The number of methoxy groups -OCH3 is 2. The van der Waals surface area contributed by atoms with Gasteiger partial charge < -0.3 is 14.8 Å². The summed E-state index contributed by atoms with van der Waals surface area (Å²) in [5, 5.41) is 2.66. The SMILES string of the molecule is CCNC(=O)[C@@H](C)Sc1ccc(OC)c(OC)c1. The third kappa shape index (κ3) is 3.84. The fourth-order valence-electron chi connectivity index (χ4n) is 1.47. The average molecular weight is 269 g/mol. The Balaban J connectivity index is 2.76. The highest BCUT2D eigenvalue weighted by Gasteiger charge is 2.14. The molecule has 1 aromatic rings. The summed E-state index contributed by atoms with van der Waals surface area (Å²) in [7, 11) is 3.20. The lowest BCUT2D eigenvalue weighted by atomic mass is 10.3. The predicted molar refractivity (Wildman–Crippen MR) is 73.5 cm³/mol. The summed E-state index contributed by atoms with van der Waals surface area (Å²) in [5.41, 5.74) is 0. The van der Waals surface area contributed by atoms with Gasteiger partial charge in [0.1, 0.15) is 0 Å². The number of thioether (sulfide) groups is 1. The molecule has 0 aromatic heterocycles.